The topological polar surface area (TPSA) is 33.6 Å². The fourth-order valence-electron chi connectivity index (χ4n) is 2.38. The predicted octanol–water partition coefficient (Wildman–Crippen LogP) is 5.19. The minimum atomic E-state index is 0.815. The number of para-hydroxylation sites is 1. The fourth-order valence-corrected chi connectivity index (χ4v) is 2.38. The third kappa shape index (κ3) is 3.82. The van der Waals surface area contributed by atoms with Crippen molar-refractivity contribution < 1.29 is 4.74 Å². The molecule has 0 atom stereocenters. The number of rotatable bonds is 4. The summed E-state index contributed by atoms with van der Waals surface area (Å²) in [6.07, 6.45) is 0. The number of methoxy groups -OCH3 is 1. The van der Waals surface area contributed by atoms with E-state index in [4.69, 9.17) is 9.73 Å². The molecule has 0 aliphatic heterocycles. The summed E-state index contributed by atoms with van der Waals surface area (Å²) in [6.45, 7) is 2.06. The molecule has 3 heteroatoms. The maximum atomic E-state index is 5.21. The Hall–Kier alpha value is -3.07. The zero-order chi connectivity index (χ0) is 16.8. The minimum absolute atomic E-state index is 0.815. The average Bonchev–Trinajstić information content (AvgIpc) is 2.64. The van der Waals surface area contributed by atoms with Crippen molar-refractivity contribution in [2.24, 2.45) is 4.99 Å². The maximum absolute atomic E-state index is 5.21. The Morgan fingerprint density at radius 1 is 0.833 bits per heavy atom. The Bertz CT molecular complexity index is 824. The molecule has 0 radical (unpaired) electrons. The van der Waals surface area contributed by atoms with Crippen molar-refractivity contribution in [2.45, 2.75) is 6.92 Å². The van der Waals surface area contributed by atoms with Gasteiger partial charge in [0.05, 0.1) is 12.8 Å². The SMILES string of the molecule is COc1ccc(NC(=Nc2ccccc2C)c2ccccc2)cc1. The molecule has 0 spiro atoms. The summed E-state index contributed by atoms with van der Waals surface area (Å²) in [7, 11) is 1.66. The molecule has 1 N–H and O–H groups in total. The van der Waals surface area contributed by atoms with Gasteiger partial charge in [0, 0.05) is 11.3 Å². The number of amidine groups is 1. The van der Waals surface area contributed by atoms with Gasteiger partial charge in [-0.3, -0.25) is 0 Å². The standard InChI is InChI=1S/C21H20N2O/c1-16-8-6-7-11-20(16)23-21(17-9-4-3-5-10-17)22-18-12-14-19(24-2)15-13-18/h3-15H,1-2H3,(H,22,23). The van der Waals surface area contributed by atoms with E-state index in [1.54, 1.807) is 7.11 Å². The normalized spacial score (nSPS) is 11.2. The van der Waals surface area contributed by atoms with E-state index in [1.165, 1.54) is 0 Å². The molecule has 3 nitrogen and oxygen atoms in total. The van der Waals surface area contributed by atoms with E-state index < -0.39 is 0 Å². The second-order valence-electron chi connectivity index (χ2n) is 5.47. The van der Waals surface area contributed by atoms with Gasteiger partial charge in [0.25, 0.3) is 0 Å². The van der Waals surface area contributed by atoms with Crippen LogP contribution in [0, 0.1) is 6.92 Å². The third-order valence-electron chi connectivity index (χ3n) is 3.75. The largest absolute Gasteiger partial charge is 0.497 e. The van der Waals surface area contributed by atoms with Crippen molar-refractivity contribution in [1.29, 1.82) is 0 Å². The van der Waals surface area contributed by atoms with Crippen molar-refractivity contribution in [2.75, 3.05) is 12.4 Å². The first-order valence-corrected chi connectivity index (χ1v) is 7.87. The van der Waals surface area contributed by atoms with Gasteiger partial charge in [-0.25, -0.2) is 4.99 Å². The predicted molar refractivity (Wildman–Crippen MR) is 100 cm³/mol. The van der Waals surface area contributed by atoms with Crippen LogP contribution in [-0.4, -0.2) is 12.9 Å². The van der Waals surface area contributed by atoms with Gasteiger partial charge in [-0.1, -0.05) is 48.5 Å². The molecule has 120 valence electrons. The van der Waals surface area contributed by atoms with Crippen LogP contribution in [0.1, 0.15) is 11.1 Å². The van der Waals surface area contributed by atoms with Gasteiger partial charge in [0.1, 0.15) is 11.6 Å². The van der Waals surface area contributed by atoms with E-state index in [0.717, 1.165) is 34.1 Å². The molecular formula is C21H20N2O. The zero-order valence-electron chi connectivity index (χ0n) is 13.9. The lowest BCUT2D eigenvalue weighted by Gasteiger charge is -2.12. The summed E-state index contributed by atoms with van der Waals surface area (Å²) < 4.78 is 5.21. The van der Waals surface area contributed by atoms with Crippen LogP contribution < -0.4 is 10.1 Å². The van der Waals surface area contributed by atoms with Gasteiger partial charge in [-0.15, -0.1) is 0 Å². The highest BCUT2D eigenvalue weighted by Gasteiger charge is 2.06. The summed E-state index contributed by atoms with van der Waals surface area (Å²) in [5.74, 6) is 1.65. The molecule has 3 rings (SSSR count). The fraction of sp³-hybridized carbons (Fsp3) is 0.0952. The number of nitrogens with one attached hydrogen (secondary N) is 1. The Labute approximate surface area is 142 Å². The number of aryl methyl sites for hydroxylation is 1. The smallest absolute Gasteiger partial charge is 0.138 e. The molecule has 0 aromatic heterocycles. The molecule has 24 heavy (non-hydrogen) atoms. The lowest BCUT2D eigenvalue weighted by Crippen LogP contribution is -2.13. The highest BCUT2D eigenvalue weighted by atomic mass is 16.5. The molecule has 3 aromatic carbocycles. The van der Waals surface area contributed by atoms with Crippen molar-refractivity contribution >= 4 is 17.2 Å². The van der Waals surface area contributed by atoms with Gasteiger partial charge in [-0.2, -0.15) is 0 Å². The molecule has 0 bridgehead atoms. The van der Waals surface area contributed by atoms with E-state index >= 15 is 0 Å². The van der Waals surface area contributed by atoms with Crippen LogP contribution in [0.2, 0.25) is 0 Å². The number of hydrogen-bond donors (Lipinski definition) is 1. The van der Waals surface area contributed by atoms with Gasteiger partial charge in [0.2, 0.25) is 0 Å². The van der Waals surface area contributed by atoms with Crippen LogP contribution in [-0.2, 0) is 0 Å². The van der Waals surface area contributed by atoms with Crippen LogP contribution in [0.3, 0.4) is 0 Å². The van der Waals surface area contributed by atoms with Gasteiger partial charge in [0.15, 0.2) is 0 Å². The summed E-state index contributed by atoms with van der Waals surface area (Å²) >= 11 is 0. The van der Waals surface area contributed by atoms with Crippen LogP contribution in [0.25, 0.3) is 0 Å². The first kappa shape index (κ1) is 15.8. The summed E-state index contributed by atoms with van der Waals surface area (Å²) in [5, 5.41) is 3.42. The first-order valence-electron chi connectivity index (χ1n) is 7.87. The van der Waals surface area contributed by atoms with Crippen molar-refractivity contribution in [3.05, 3.63) is 90.0 Å². The Morgan fingerprint density at radius 3 is 2.17 bits per heavy atom. The lowest BCUT2D eigenvalue weighted by atomic mass is 10.1. The van der Waals surface area contributed by atoms with Crippen LogP contribution >= 0.6 is 0 Å². The van der Waals surface area contributed by atoms with E-state index in [-0.39, 0.29) is 0 Å². The van der Waals surface area contributed by atoms with Crippen LogP contribution in [0.15, 0.2) is 83.9 Å². The molecule has 0 saturated heterocycles. The number of benzene rings is 3. The Morgan fingerprint density at radius 2 is 1.50 bits per heavy atom. The van der Waals surface area contributed by atoms with E-state index in [0.29, 0.717) is 0 Å². The van der Waals surface area contributed by atoms with Crippen LogP contribution in [0.5, 0.6) is 5.75 Å². The van der Waals surface area contributed by atoms with Crippen molar-refractivity contribution in [1.82, 2.24) is 0 Å². The lowest BCUT2D eigenvalue weighted by molar-refractivity contribution is 0.415. The molecule has 0 fully saturated rings. The highest BCUT2D eigenvalue weighted by Crippen LogP contribution is 2.21. The van der Waals surface area contributed by atoms with Crippen LogP contribution in [0.4, 0.5) is 11.4 Å². The van der Waals surface area contributed by atoms with E-state index in [9.17, 15) is 0 Å². The molecule has 0 aliphatic rings. The number of nitrogens with zero attached hydrogens (tertiary/aromatic N) is 1. The molecule has 0 amide bonds. The Kier molecular flexibility index (Phi) is 4.92. The quantitative estimate of drug-likeness (QED) is 0.530. The average molecular weight is 316 g/mol. The minimum Gasteiger partial charge on any atom is -0.497 e. The number of hydrogen-bond acceptors (Lipinski definition) is 2. The van der Waals surface area contributed by atoms with Gasteiger partial charge in [-0.05, 0) is 42.8 Å². The Balaban J connectivity index is 1.97. The third-order valence-corrected chi connectivity index (χ3v) is 3.75. The van der Waals surface area contributed by atoms with Crippen molar-refractivity contribution in [3.63, 3.8) is 0 Å². The molecule has 0 aliphatic carbocycles. The summed E-state index contributed by atoms with van der Waals surface area (Å²) in [5.41, 5.74) is 4.10. The van der Waals surface area contributed by atoms with E-state index in [1.807, 2.05) is 72.8 Å². The number of aliphatic imine (C=N–C) groups is 1. The molecule has 0 unspecified atom stereocenters. The second-order valence-corrected chi connectivity index (χ2v) is 5.47. The first-order chi connectivity index (χ1) is 11.8. The summed E-state index contributed by atoms with van der Waals surface area (Å²) in [6, 6.07) is 26.1. The summed E-state index contributed by atoms with van der Waals surface area (Å²) in [4.78, 5) is 4.84. The molecule has 0 saturated carbocycles. The van der Waals surface area contributed by atoms with Gasteiger partial charge >= 0.3 is 0 Å². The zero-order valence-corrected chi connectivity index (χ0v) is 13.9. The highest BCUT2D eigenvalue weighted by molar-refractivity contribution is 6.09. The van der Waals surface area contributed by atoms with E-state index in [2.05, 4.69) is 18.3 Å². The number of anilines is 1. The molecule has 0 heterocycles. The number of ether oxygens (including phenoxy) is 1. The molecular weight excluding hydrogens is 296 g/mol. The van der Waals surface area contributed by atoms with Gasteiger partial charge < -0.3 is 10.1 Å². The monoisotopic (exact) mass is 316 g/mol. The molecule has 3 aromatic rings. The van der Waals surface area contributed by atoms with Crippen molar-refractivity contribution in [3.8, 4) is 5.75 Å². The second kappa shape index (κ2) is 7.47. The maximum Gasteiger partial charge on any atom is 0.138 e.